The fourth-order valence-corrected chi connectivity index (χ4v) is 2.14. The number of hydrogen-bond acceptors (Lipinski definition) is 3. The third-order valence-electron chi connectivity index (χ3n) is 2.92. The Morgan fingerprint density at radius 3 is 3.00 bits per heavy atom. The highest BCUT2D eigenvalue weighted by atomic mass is 16.7. The molecule has 2 aliphatic rings. The zero-order chi connectivity index (χ0) is 10.1. The van der Waals surface area contributed by atoms with Crippen molar-refractivity contribution in [3.63, 3.8) is 0 Å². The fourth-order valence-electron chi connectivity index (χ4n) is 2.14. The molecule has 80 valence electrons. The van der Waals surface area contributed by atoms with Gasteiger partial charge in [-0.25, -0.2) is 0 Å². The predicted molar refractivity (Wildman–Crippen MR) is 55.2 cm³/mol. The molecule has 1 fully saturated rings. The number of ether oxygens (including phenoxy) is 3. The van der Waals surface area contributed by atoms with Crippen LogP contribution < -0.4 is 9.47 Å². The van der Waals surface area contributed by atoms with Crippen molar-refractivity contribution in [2.45, 2.75) is 25.4 Å². The average molecular weight is 206 g/mol. The lowest BCUT2D eigenvalue weighted by Crippen LogP contribution is -2.08. The van der Waals surface area contributed by atoms with Gasteiger partial charge in [-0.15, -0.1) is 0 Å². The summed E-state index contributed by atoms with van der Waals surface area (Å²) in [4.78, 5) is 0. The smallest absolute Gasteiger partial charge is 0.231 e. The van der Waals surface area contributed by atoms with Gasteiger partial charge in [0.1, 0.15) is 0 Å². The summed E-state index contributed by atoms with van der Waals surface area (Å²) in [6, 6.07) is 6.13. The Morgan fingerprint density at radius 2 is 2.13 bits per heavy atom. The van der Waals surface area contributed by atoms with Crippen LogP contribution in [0.15, 0.2) is 18.2 Å². The molecule has 1 saturated heterocycles. The second-order valence-electron chi connectivity index (χ2n) is 4.03. The van der Waals surface area contributed by atoms with Crippen molar-refractivity contribution in [2.24, 2.45) is 0 Å². The van der Waals surface area contributed by atoms with Crippen LogP contribution in [0.3, 0.4) is 0 Å². The molecule has 3 heteroatoms. The third-order valence-corrected chi connectivity index (χ3v) is 2.92. The monoisotopic (exact) mass is 206 g/mol. The van der Waals surface area contributed by atoms with Crippen LogP contribution in [-0.4, -0.2) is 19.5 Å². The first kappa shape index (κ1) is 9.04. The van der Waals surface area contributed by atoms with E-state index in [1.807, 2.05) is 6.07 Å². The van der Waals surface area contributed by atoms with Gasteiger partial charge in [0.2, 0.25) is 6.79 Å². The average Bonchev–Trinajstić information content (AvgIpc) is 2.87. The lowest BCUT2D eigenvalue weighted by Gasteiger charge is -2.09. The van der Waals surface area contributed by atoms with Crippen LogP contribution in [0.25, 0.3) is 0 Å². The van der Waals surface area contributed by atoms with Gasteiger partial charge in [-0.1, -0.05) is 6.07 Å². The topological polar surface area (TPSA) is 27.7 Å². The standard InChI is InChI=1S/C12H14O3/c1-2-10(13-5-1)6-9-3-4-11-12(7-9)15-8-14-11/h3-4,7,10H,1-2,5-6,8H2. The molecule has 1 atom stereocenters. The molecule has 0 aliphatic carbocycles. The number of fused-ring (bicyclic) bond motifs is 1. The van der Waals surface area contributed by atoms with Crippen LogP contribution in [0, 0.1) is 0 Å². The molecule has 0 bridgehead atoms. The summed E-state index contributed by atoms with van der Waals surface area (Å²) < 4.78 is 16.2. The lowest BCUT2D eigenvalue weighted by molar-refractivity contribution is 0.111. The molecular weight excluding hydrogens is 192 g/mol. The Labute approximate surface area is 89.0 Å². The maximum Gasteiger partial charge on any atom is 0.231 e. The van der Waals surface area contributed by atoms with E-state index in [0.717, 1.165) is 24.5 Å². The summed E-state index contributed by atoms with van der Waals surface area (Å²) in [5.74, 6) is 1.72. The highest BCUT2D eigenvalue weighted by Crippen LogP contribution is 2.33. The molecule has 2 heterocycles. The zero-order valence-electron chi connectivity index (χ0n) is 8.57. The molecule has 0 radical (unpaired) electrons. The molecule has 0 spiro atoms. The van der Waals surface area contributed by atoms with Gasteiger partial charge in [0, 0.05) is 6.61 Å². The molecule has 3 rings (SSSR count). The van der Waals surface area contributed by atoms with Crippen molar-refractivity contribution >= 4 is 0 Å². The Balaban J connectivity index is 1.75. The lowest BCUT2D eigenvalue weighted by atomic mass is 10.1. The maximum absolute atomic E-state index is 5.60. The van der Waals surface area contributed by atoms with Gasteiger partial charge in [0.15, 0.2) is 11.5 Å². The number of hydrogen-bond donors (Lipinski definition) is 0. The molecule has 3 nitrogen and oxygen atoms in total. The van der Waals surface area contributed by atoms with E-state index in [-0.39, 0.29) is 0 Å². The predicted octanol–water partition coefficient (Wildman–Crippen LogP) is 2.14. The van der Waals surface area contributed by atoms with Gasteiger partial charge in [0.25, 0.3) is 0 Å². The molecule has 1 aromatic carbocycles. The molecule has 1 aromatic rings. The van der Waals surface area contributed by atoms with Gasteiger partial charge in [-0.3, -0.25) is 0 Å². The van der Waals surface area contributed by atoms with Gasteiger partial charge in [-0.2, -0.15) is 0 Å². The van der Waals surface area contributed by atoms with Crippen LogP contribution in [0.2, 0.25) is 0 Å². The van der Waals surface area contributed by atoms with Crippen molar-refractivity contribution < 1.29 is 14.2 Å². The fraction of sp³-hybridized carbons (Fsp3) is 0.500. The zero-order valence-corrected chi connectivity index (χ0v) is 8.57. The van der Waals surface area contributed by atoms with Crippen LogP contribution in [-0.2, 0) is 11.2 Å². The first-order valence-electron chi connectivity index (χ1n) is 5.42. The van der Waals surface area contributed by atoms with Gasteiger partial charge >= 0.3 is 0 Å². The highest BCUT2D eigenvalue weighted by molar-refractivity contribution is 5.44. The van der Waals surface area contributed by atoms with Crippen molar-refractivity contribution in [3.05, 3.63) is 23.8 Å². The van der Waals surface area contributed by atoms with Crippen LogP contribution in [0.1, 0.15) is 18.4 Å². The molecule has 2 aliphatic heterocycles. The summed E-state index contributed by atoms with van der Waals surface area (Å²) in [5.41, 5.74) is 1.27. The van der Waals surface area contributed by atoms with Crippen LogP contribution in [0.4, 0.5) is 0 Å². The number of rotatable bonds is 2. The Morgan fingerprint density at radius 1 is 1.20 bits per heavy atom. The van der Waals surface area contributed by atoms with Gasteiger partial charge in [0.05, 0.1) is 6.10 Å². The van der Waals surface area contributed by atoms with E-state index in [0.29, 0.717) is 12.9 Å². The first-order chi connectivity index (χ1) is 7.42. The van der Waals surface area contributed by atoms with Crippen molar-refractivity contribution in [3.8, 4) is 11.5 Å². The molecule has 0 saturated carbocycles. The minimum atomic E-state index is 0.346. The third kappa shape index (κ3) is 1.79. The molecule has 0 N–H and O–H groups in total. The molecule has 15 heavy (non-hydrogen) atoms. The second kappa shape index (κ2) is 3.74. The van der Waals surface area contributed by atoms with Crippen molar-refractivity contribution in [1.82, 2.24) is 0 Å². The van der Waals surface area contributed by atoms with Gasteiger partial charge in [-0.05, 0) is 37.0 Å². The largest absolute Gasteiger partial charge is 0.454 e. The van der Waals surface area contributed by atoms with Gasteiger partial charge < -0.3 is 14.2 Å². The number of benzene rings is 1. The van der Waals surface area contributed by atoms with Crippen LogP contribution >= 0.6 is 0 Å². The first-order valence-corrected chi connectivity index (χ1v) is 5.42. The van der Waals surface area contributed by atoms with E-state index in [4.69, 9.17) is 14.2 Å². The quantitative estimate of drug-likeness (QED) is 0.742. The molecular formula is C12H14O3. The summed E-state index contributed by atoms with van der Waals surface area (Å²) in [5, 5.41) is 0. The normalized spacial score (nSPS) is 23.3. The molecule has 1 unspecified atom stereocenters. The minimum absolute atomic E-state index is 0.346. The van der Waals surface area contributed by atoms with E-state index in [2.05, 4.69) is 12.1 Å². The van der Waals surface area contributed by atoms with E-state index in [1.165, 1.54) is 18.4 Å². The van der Waals surface area contributed by atoms with Crippen molar-refractivity contribution in [1.29, 1.82) is 0 Å². The minimum Gasteiger partial charge on any atom is -0.454 e. The molecule has 0 aromatic heterocycles. The Hall–Kier alpha value is -1.22. The van der Waals surface area contributed by atoms with E-state index in [1.54, 1.807) is 0 Å². The van der Waals surface area contributed by atoms with Crippen molar-refractivity contribution in [2.75, 3.05) is 13.4 Å². The highest BCUT2D eigenvalue weighted by Gasteiger charge is 2.18. The van der Waals surface area contributed by atoms with E-state index < -0.39 is 0 Å². The summed E-state index contributed by atoms with van der Waals surface area (Å²) in [7, 11) is 0. The second-order valence-corrected chi connectivity index (χ2v) is 4.03. The van der Waals surface area contributed by atoms with E-state index in [9.17, 15) is 0 Å². The Bertz CT molecular complexity index is 356. The Kier molecular flexibility index (Phi) is 2.25. The van der Waals surface area contributed by atoms with E-state index >= 15 is 0 Å². The summed E-state index contributed by atoms with van der Waals surface area (Å²) in [6.07, 6.45) is 3.74. The van der Waals surface area contributed by atoms with Crippen LogP contribution in [0.5, 0.6) is 11.5 Å². The molecule has 0 amide bonds. The maximum atomic E-state index is 5.60. The summed E-state index contributed by atoms with van der Waals surface area (Å²) >= 11 is 0. The SMILES string of the molecule is c1cc2c(cc1CC1CCCO1)OCO2. The summed E-state index contributed by atoms with van der Waals surface area (Å²) in [6.45, 7) is 1.26.